The maximum Gasteiger partial charge on any atom is 0.255 e. The number of rotatable bonds is 16. The Kier molecular flexibility index (Phi) is 13.4. The number of methoxy groups -OCH3 is 1. The van der Waals surface area contributed by atoms with Crippen molar-refractivity contribution in [3.8, 4) is 5.75 Å². The number of ether oxygens (including phenoxy) is 2. The number of para-hydroxylation sites is 1. The molecule has 31 heavy (non-hydrogen) atoms. The number of hydrogen-bond acceptors (Lipinski definition) is 6. The second kappa shape index (κ2) is 15.2. The van der Waals surface area contributed by atoms with Gasteiger partial charge in [-0.25, -0.2) is 0 Å². The Morgan fingerprint density at radius 2 is 1.77 bits per heavy atom. The Morgan fingerprint density at radius 1 is 1.10 bits per heavy atom. The second-order valence-corrected chi connectivity index (χ2v) is 8.79. The van der Waals surface area contributed by atoms with Gasteiger partial charge in [0.05, 0.1) is 18.3 Å². The summed E-state index contributed by atoms with van der Waals surface area (Å²) in [4.78, 5) is 12.8. The normalized spacial score (nSPS) is 14.5. The first-order chi connectivity index (χ1) is 14.8. The molecule has 0 fully saturated rings. The first-order valence-corrected chi connectivity index (χ1v) is 11.4. The van der Waals surface area contributed by atoms with Gasteiger partial charge in [0, 0.05) is 38.9 Å². The van der Waals surface area contributed by atoms with Crippen LogP contribution in [0, 0.1) is 11.8 Å². The Balaban J connectivity index is 2.61. The highest BCUT2D eigenvalue weighted by molar-refractivity contribution is 5.96. The number of benzene rings is 1. The molecule has 0 saturated heterocycles. The number of hydrogen-bond donors (Lipinski definition) is 4. The molecule has 0 aliphatic carbocycles. The van der Waals surface area contributed by atoms with E-state index in [1.165, 1.54) is 0 Å². The summed E-state index contributed by atoms with van der Waals surface area (Å²) in [5, 5.41) is 16.6. The summed E-state index contributed by atoms with van der Waals surface area (Å²) in [6.45, 7) is 10.5. The molecule has 1 aromatic carbocycles. The first-order valence-electron chi connectivity index (χ1n) is 11.4. The first kappa shape index (κ1) is 27.4. The fraction of sp³-hybridized carbons (Fsp3) is 0.708. The summed E-state index contributed by atoms with van der Waals surface area (Å²) in [6, 6.07) is 7.24. The van der Waals surface area contributed by atoms with Gasteiger partial charge < -0.3 is 30.9 Å². The molecule has 0 radical (unpaired) electrons. The van der Waals surface area contributed by atoms with Crippen LogP contribution in [-0.2, 0) is 4.74 Å². The topological polar surface area (TPSA) is 106 Å². The number of unbranched alkanes of at least 4 members (excludes halogenated alkanes) is 1. The van der Waals surface area contributed by atoms with Crippen LogP contribution in [0.5, 0.6) is 5.75 Å². The van der Waals surface area contributed by atoms with Crippen LogP contribution >= 0.6 is 0 Å². The molecule has 7 nitrogen and oxygen atoms in total. The molecule has 3 atom stereocenters. The molecule has 0 bridgehead atoms. The lowest BCUT2D eigenvalue weighted by atomic mass is 9.87. The van der Waals surface area contributed by atoms with Gasteiger partial charge in [-0.3, -0.25) is 4.79 Å². The van der Waals surface area contributed by atoms with Gasteiger partial charge in [0.2, 0.25) is 0 Å². The van der Waals surface area contributed by atoms with Crippen molar-refractivity contribution in [3.63, 3.8) is 0 Å². The van der Waals surface area contributed by atoms with Gasteiger partial charge in [0.15, 0.2) is 0 Å². The number of amides is 1. The van der Waals surface area contributed by atoms with Crippen molar-refractivity contribution in [3.05, 3.63) is 29.8 Å². The molecule has 1 amide bonds. The third kappa shape index (κ3) is 11.0. The fourth-order valence-corrected chi connectivity index (χ4v) is 3.24. The van der Waals surface area contributed by atoms with E-state index in [4.69, 9.17) is 15.2 Å². The Hall–Kier alpha value is -1.67. The molecule has 5 N–H and O–H groups in total. The standard InChI is InChI=1S/C24H43N3O4/c1-17(2)19(14-21(25)22(28)16-26-18(3)4)15-27-24(29)20-10-6-7-11-23(20)31-13-9-8-12-30-5/h6-7,10-11,17-19,21-22,26,28H,8-9,12-16,25H2,1-5H3,(H,27,29)/t19-,21+,22+/m1/s1. The summed E-state index contributed by atoms with van der Waals surface area (Å²) in [5.41, 5.74) is 6.77. The molecule has 0 heterocycles. The van der Waals surface area contributed by atoms with Crippen molar-refractivity contribution in [1.82, 2.24) is 10.6 Å². The van der Waals surface area contributed by atoms with Crippen molar-refractivity contribution in [2.75, 3.05) is 33.4 Å². The van der Waals surface area contributed by atoms with Crippen molar-refractivity contribution in [2.45, 2.75) is 65.1 Å². The molecule has 0 unspecified atom stereocenters. The molecular formula is C24H43N3O4. The monoisotopic (exact) mass is 437 g/mol. The van der Waals surface area contributed by atoms with Crippen molar-refractivity contribution in [1.29, 1.82) is 0 Å². The largest absolute Gasteiger partial charge is 0.493 e. The van der Waals surface area contributed by atoms with E-state index >= 15 is 0 Å². The molecule has 0 spiro atoms. The molecule has 0 aliphatic heterocycles. The number of aliphatic hydroxyl groups excluding tert-OH is 1. The number of carbonyl (C=O) groups excluding carboxylic acids is 1. The van der Waals surface area contributed by atoms with Crippen LogP contribution in [-0.4, -0.2) is 62.6 Å². The van der Waals surface area contributed by atoms with Crippen molar-refractivity contribution >= 4 is 5.91 Å². The van der Waals surface area contributed by atoms with E-state index in [9.17, 15) is 9.90 Å². The van der Waals surface area contributed by atoms with Crippen LogP contribution in [0.25, 0.3) is 0 Å². The average molecular weight is 438 g/mol. The van der Waals surface area contributed by atoms with Gasteiger partial charge in [-0.05, 0) is 43.2 Å². The summed E-state index contributed by atoms with van der Waals surface area (Å²) >= 11 is 0. The molecular weight excluding hydrogens is 394 g/mol. The third-order valence-electron chi connectivity index (χ3n) is 5.40. The third-order valence-corrected chi connectivity index (χ3v) is 5.40. The Labute approximate surface area is 188 Å². The van der Waals surface area contributed by atoms with Gasteiger partial charge in [-0.2, -0.15) is 0 Å². The van der Waals surface area contributed by atoms with Crippen LogP contribution < -0.4 is 21.1 Å². The van der Waals surface area contributed by atoms with Crippen LogP contribution in [0.1, 0.15) is 57.3 Å². The van der Waals surface area contributed by atoms with E-state index in [-0.39, 0.29) is 17.9 Å². The molecule has 0 aromatic heterocycles. The summed E-state index contributed by atoms with van der Waals surface area (Å²) in [5.74, 6) is 0.915. The van der Waals surface area contributed by atoms with E-state index in [0.717, 1.165) is 12.8 Å². The van der Waals surface area contributed by atoms with Crippen molar-refractivity contribution in [2.24, 2.45) is 17.6 Å². The van der Waals surface area contributed by atoms with E-state index in [1.54, 1.807) is 13.2 Å². The quantitative estimate of drug-likeness (QED) is 0.296. The summed E-state index contributed by atoms with van der Waals surface area (Å²) in [7, 11) is 1.68. The van der Waals surface area contributed by atoms with Gasteiger partial charge in [0.1, 0.15) is 5.75 Å². The minimum Gasteiger partial charge on any atom is -0.493 e. The molecule has 1 aromatic rings. The van der Waals surface area contributed by atoms with Crippen LogP contribution in [0.2, 0.25) is 0 Å². The van der Waals surface area contributed by atoms with Gasteiger partial charge in [0.25, 0.3) is 5.91 Å². The lowest BCUT2D eigenvalue weighted by Crippen LogP contribution is -2.46. The Morgan fingerprint density at radius 3 is 2.42 bits per heavy atom. The summed E-state index contributed by atoms with van der Waals surface area (Å²) in [6.07, 6.45) is 1.80. The van der Waals surface area contributed by atoms with Crippen LogP contribution in [0.15, 0.2) is 24.3 Å². The highest BCUT2D eigenvalue weighted by atomic mass is 16.5. The maximum atomic E-state index is 12.8. The molecule has 1 rings (SSSR count). The fourth-order valence-electron chi connectivity index (χ4n) is 3.24. The zero-order chi connectivity index (χ0) is 23.2. The lowest BCUT2D eigenvalue weighted by Gasteiger charge is -2.28. The molecule has 7 heteroatoms. The van der Waals surface area contributed by atoms with E-state index in [1.807, 2.05) is 32.0 Å². The SMILES string of the molecule is COCCCCOc1ccccc1C(=O)NC[C@@H](C[C@H](N)[C@@H](O)CNC(C)C)C(C)C. The van der Waals surface area contributed by atoms with Crippen molar-refractivity contribution < 1.29 is 19.4 Å². The molecule has 178 valence electrons. The van der Waals surface area contributed by atoms with E-state index in [0.29, 0.717) is 56.0 Å². The number of carbonyl (C=O) groups is 1. The Bertz CT molecular complexity index is 625. The van der Waals surface area contributed by atoms with Gasteiger partial charge >= 0.3 is 0 Å². The van der Waals surface area contributed by atoms with E-state index in [2.05, 4.69) is 24.5 Å². The lowest BCUT2D eigenvalue weighted by molar-refractivity contribution is 0.0926. The molecule has 0 aliphatic rings. The highest BCUT2D eigenvalue weighted by Gasteiger charge is 2.23. The second-order valence-electron chi connectivity index (χ2n) is 8.79. The smallest absolute Gasteiger partial charge is 0.255 e. The molecule has 0 saturated carbocycles. The predicted octanol–water partition coefficient (Wildman–Crippen LogP) is 2.57. The number of aliphatic hydroxyl groups is 1. The zero-order valence-corrected chi connectivity index (χ0v) is 19.9. The highest BCUT2D eigenvalue weighted by Crippen LogP contribution is 2.20. The predicted molar refractivity (Wildman–Crippen MR) is 125 cm³/mol. The minimum atomic E-state index is -0.619. The van der Waals surface area contributed by atoms with E-state index < -0.39 is 6.10 Å². The zero-order valence-electron chi connectivity index (χ0n) is 19.9. The number of nitrogens with two attached hydrogens (primary N) is 1. The van der Waals surface area contributed by atoms with Gasteiger partial charge in [-0.15, -0.1) is 0 Å². The van der Waals surface area contributed by atoms with Crippen LogP contribution in [0.4, 0.5) is 0 Å². The van der Waals surface area contributed by atoms with Crippen LogP contribution in [0.3, 0.4) is 0 Å². The maximum absolute atomic E-state index is 12.8. The summed E-state index contributed by atoms with van der Waals surface area (Å²) < 4.78 is 10.9. The van der Waals surface area contributed by atoms with Gasteiger partial charge in [-0.1, -0.05) is 39.8 Å². The number of nitrogens with one attached hydrogen (secondary N) is 2. The average Bonchev–Trinajstić information content (AvgIpc) is 2.74. The minimum absolute atomic E-state index is 0.159.